The molecule has 0 radical (unpaired) electrons. The second kappa shape index (κ2) is 8.28. The number of hydrogen-bond donors (Lipinski definition) is 0. The van der Waals surface area contributed by atoms with Crippen LogP contribution in [0.3, 0.4) is 0 Å². The minimum absolute atomic E-state index is 0.226. The number of carbonyl (C=O) groups is 1. The van der Waals surface area contributed by atoms with Crippen LogP contribution >= 0.6 is 11.6 Å². The molecule has 0 spiro atoms. The Morgan fingerprint density at radius 2 is 2.18 bits per heavy atom. The monoisotopic (exact) mass is 272 g/mol. The van der Waals surface area contributed by atoms with Crippen molar-refractivity contribution >= 4 is 27.3 Å². The Morgan fingerprint density at radius 1 is 1.41 bits per heavy atom. The molecule has 0 fully saturated rings. The van der Waals surface area contributed by atoms with Crippen molar-refractivity contribution in [2.24, 2.45) is 0 Å². The lowest BCUT2D eigenvalue weighted by Gasteiger charge is -2.09. The number of para-hydroxylation sites is 1. The van der Waals surface area contributed by atoms with Gasteiger partial charge in [-0.2, -0.15) is 0 Å². The highest BCUT2D eigenvalue weighted by molar-refractivity contribution is 6.31. The van der Waals surface area contributed by atoms with Gasteiger partial charge in [0.05, 0.1) is 6.61 Å². The van der Waals surface area contributed by atoms with Gasteiger partial charge in [0.2, 0.25) is 0 Å². The molecule has 0 unspecified atom stereocenters. The third-order valence-corrected chi connectivity index (χ3v) is 4.02. The predicted molar refractivity (Wildman–Crippen MR) is 71.2 cm³/mol. The smallest absolute Gasteiger partial charge is 0.310 e. The standard InChI is InChI=1S/C12H17ClO3Si/c1-2-12(14)16-11-6-4-3-5-10(11)9-15-17-8-7-13/h3-6H,2,7-9,17H2,1H3. The van der Waals surface area contributed by atoms with Gasteiger partial charge < -0.3 is 9.16 Å². The minimum atomic E-state index is -0.553. The molecule has 0 saturated carbocycles. The van der Waals surface area contributed by atoms with Crippen LogP contribution in [-0.2, 0) is 15.8 Å². The van der Waals surface area contributed by atoms with Crippen molar-refractivity contribution in [2.45, 2.75) is 26.0 Å². The van der Waals surface area contributed by atoms with Gasteiger partial charge in [-0.15, -0.1) is 11.6 Å². The number of carbonyl (C=O) groups excluding carboxylic acids is 1. The van der Waals surface area contributed by atoms with E-state index in [4.69, 9.17) is 20.8 Å². The van der Waals surface area contributed by atoms with E-state index in [0.29, 0.717) is 24.7 Å². The first kappa shape index (κ1) is 14.2. The summed E-state index contributed by atoms with van der Waals surface area (Å²) in [5.74, 6) is 1.02. The molecule has 94 valence electrons. The third-order valence-electron chi connectivity index (χ3n) is 2.16. The largest absolute Gasteiger partial charge is 0.426 e. The van der Waals surface area contributed by atoms with Crippen LogP contribution in [0.5, 0.6) is 5.75 Å². The number of ether oxygens (including phenoxy) is 1. The summed E-state index contributed by atoms with van der Waals surface area (Å²) in [5.41, 5.74) is 0.913. The summed E-state index contributed by atoms with van der Waals surface area (Å²) >= 11 is 5.59. The summed E-state index contributed by atoms with van der Waals surface area (Å²) in [6.45, 7) is 2.27. The molecular weight excluding hydrogens is 256 g/mol. The van der Waals surface area contributed by atoms with E-state index in [-0.39, 0.29) is 5.97 Å². The Hall–Kier alpha value is -0.843. The number of alkyl halides is 1. The van der Waals surface area contributed by atoms with Gasteiger partial charge in [-0.25, -0.2) is 0 Å². The highest BCUT2D eigenvalue weighted by atomic mass is 35.5. The van der Waals surface area contributed by atoms with Gasteiger partial charge in [-0.1, -0.05) is 25.1 Å². The quantitative estimate of drug-likeness (QED) is 0.251. The topological polar surface area (TPSA) is 35.5 Å². The second-order valence-electron chi connectivity index (χ2n) is 3.53. The van der Waals surface area contributed by atoms with E-state index in [2.05, 4.69) is 0 Å². The molecule has 17 heavy (non-hydrogen) atoms. The Kier molecular flexibility index (Phi) is 6.92. The minimum Gasteiger partial charge on any atom is -0.426 e. The van der Waals surface area contributed by atoms with E-state index < -0.39 is 9.76 Å². The van der Waals surface area contributed by atoms with Crippen molar-refractivity contribution in [3.05, 3.63) is 29.8 Å². The molecule has 0 aromatic heterocycles. The van der Waals surface area contributed by atoms with Crippen molar-refractivity contribution in [1.82, 2.24) is 0 Å². The fourth-order valence-electron chi connectivity index (χ4n) is 1.26. The first-order chi connectivity index (χ1) is 8.27. The number of halogens is 1. The van der Waals surface area contributed by atoms with Crippen LogP contribution in [0.2, 0.25) is 6.04 Å². The fourth-order valence-corrected chi connectivity index (χ4v) is 2.26. The van der Waals surface area contributed by atoms with Crippen LogP contribution in [0.25, 0.3) is 0 Å². The van der Waals surface area contributed by atoms with Crippen molar-refractivity contribution in [1.29, 1.82) is 0 Å². The molecule has 0 heterocycles. The average Bonchev–Trinajstić information content (AvgIpc) is 2.36. The van der Waals surface area contributed by atoms with Crippen LogP contribution in [0, 0.1) is 0 Å². The van der Waals surface area contributed by atoms with Crippen molar-refractivity contribution < 1.29 is 14.0 Å². The molecule has 0 aliphatic rings. The first-order valence-electron chi connectivity index (χ1n) is 5.70. The summed E-state index contributed by atoms with van der Waals surface area (Å²) in [6.07, 6.45) is 0.371. The van der Waals surface area contributed by atoms with Crippen LogP contribution in [0.1, 0.15) is 18.9 Å². The zero-order valence-electron chi connectivity index (χ0n) is 9.95. The van der Waals surface area contributed by atoms with E-state index in [1.54, 1.807) is 13.0 Å². The summed E-state index contributed by atoms with van der Waals surface area (Å²) in [5, 5.41) is 0. The lowest BCUT2D eigenvalue weighted by atomic mass is 10.2. The number of esters is 1. The second-order valence-corrected chi connectivity index (χ2v) is 5.43. The highest BCUT2D eigenvalue weighted by Crippen LogP contribution is 2.19. The van der Waals surface area contributed by atoms with Gasteiger partial charge in [-0.3, -0.25) is 4.79 Å². The maximum atomic E-state index is 11.2. The van der Waals surface area contributed by atoms with E-state index in [1.165, 1.54) is 0 Å². The lowest BCUT2D eigenvalue weighted by Crippen LogP contribution is -2.08. The number of hydrogen-bond acceptors (Lipinski definition) is 3. The predicted octanol–water partition coefficient (Wildman–Crippen LogP) is 2.26. The van der Waals surface area contributed by atoms with E-state index in [1.807, 2.05) is 18.2 Å². The lowest BCUT2D eigenvalue weighted by molar-refractivity contribution is -0.134. The summed E-state index contributed by atoms with van der Waals surface area (Å²) in [7, 11) is -0.553. The maximum absolute atomic E-state index is 11.2. The van der Waals surface area contributed by atoms with Crippen LogP contribution in [-0.4, -0.2) is 21.6 Å². The average molecular weight is 273 g/mol. The molecular formula is C12H17ClO3Si. The zero-order valence-corrected chi connectivity index (χ0v) is 12.1. The van der Waals surface area contributed by atoms with E-state index in [0.717, 1.165) is 11.6 Å². The molecule has 0 amide bonds. The molecule has 1 rings (SSSR count). The summed E-state index contributed by atoms with van der Waals surface area (Å²) in [4.78, 5) is 11.2. The summed E-state index contributed by atoms with van der Waals surface area (Å²) < 4.78 is 10.8. The Balaban J connectivity index is 2.54. The maximum Gasteiger partial charge on any atom is 0.310 e. The normalized spacial score (nSPS) is 10.9. The molecule has 0 N–H and O–H groups in total. The summed E-state index contributed by atoms with van der Waals surface area (Å²) in [6, 6.07) is 8.41. The Morgan fingerprint density at radius 3 is 2.88 bits per heavy atom. The van der Waals surface area contributed by atoms with E-state index in [9.17, 15) is 4.79 Å². The molecule has 0 saturated heterocycles. The van der Waals surface area contributed by atoms with Crippen molar-refractivity contribution in [2.75, 3.05) is 5.88 Å². The molecule has 0 aliphatic heterocycles. The molecule has 1 aromatic rings. The fraction of sp³-hybridized carbons (Fsp3) is 0.417. The van der Waals surface area contributed by atoms with E-state index >= 15 is 0 Å². The molecule has 5 heteroatoms. The third kappa shape index (κ3) is 5.34. The molecule has 0 aliphatic carbocycles. The van der Waals surface area contributed by atoms with Crippen molar-refractivity contribution in [3.8, 4) is 5.75 Å². The van der Waals surface area contributed by atoms with Crippen LogP contribution < -0.4 is 4.74 Å². The molecule has 3 nitrogen and oxygen atoms in total. The Bertz CT molecular complexity index is 357. The van der Waals surface area contributed by atoms with Gasteiger partial charge in [0.25, 0.3) is 0 Å². The number of benzene rings is 1. The van der Waals surface area contributed by atoms with Gasteiger partial charge in [0, 0.05) is 17.9 Å². The van der Waals surface area contributed by atoms with Crippen LogP contribution in [0.15, 0.2) is 24.3 Å². The molecule has 0 atom stereocenters. The van der Waals surface area contributed by atoms with Gasteiger partial charge >= 0.3 is 5.97 Å². The van der Waals surface area contributed by atoms with Crippen molar-refractivity contribution in [3.63, 3.8) is 0 Å². The molecule has 1 aromatic carbocycles. The highest BCUT2D eigenvalue weighted by Gasteiger charge is 2.06. The van der Waals surface area contributed by atoms with Gasteiger partial charge in [0.15, 0.2) is 9.76 Å². The van der Waals surface area contributed by atoms with Gasteiger partial charge in [0.1, 0.15) is 5.75 Å². The molecule has 0 bridgehead atoms. The zero-order chi connectivity index (χ0) is 12.5. The van der Waals surface area contributed by atoms with Crippen LogP contribution in [0.4, 0.5) is 0 Å². The SMILES string of the molecule is CCC(=O)Oc1ccccc1CO[SiH2]CCCl. The number of rotatable bonds is 7. The van der Waals surface area contributed by atoms with Gasteiger partial charge in [-0.05, 0) is 12.1 Å². The Labute approximate surface area is 109 Å². The first-order valence-corrected chi connectivity index (χ1v) is 7.81.